The molecule has 1 aromatic heterocycles. The van der Waals surface area contributed by atoms with Gasteiger partial charge in [0.1, 0.15) is 10.8 Å². The first-order valence-corrected chi connectivity index (χ1v) is 10.7. The number of thiazole rings is 1. The van der Waals surface area contributed by atoms with Crippen molar-refractivity contribution in [3.05, 3.63) is 59.1 Å². The van der Waals surface area contributed by atoms with Crippen LogP contribution in [0.15, 0.2) is 48.5 Å². The first-order chi connectivity index (χ1) is 14.2. The van der Waals surface area contributed by atoms with Gasteiger partial charge < -0.3 is 15.0 Å². The molecule has 0 saturated carbocycles. The van der Waals surface area contributed by atoms with Crippen molar-refractivity contribution in [2.45, 2.75) is 19.5 Å². The van der Waals surface area contributed by atoms with Gasteiger partial charge in [0.15, 0.2) is 0 Å². The summed E-state index contributed by atoms with van der Waals surface area (Å²) in [6.45, 7) is 5.79. The maximum Gasteiger partial charge on any atom is 0.317 e. The highest BCUT2D eigenvalue weighted by molar-refractivity contribution is 7.18. The largest absolute Gasteiger partial charge is 0.496 e. The Hall–Kier alpha value is -2.64. The number of ether oxygens (including phenoxy) is 1. The number of nitrogens with one attached hydrogen (secondary N) is 1. The summed E-state index contributed by atoms with van der Waals surface area (Å²) in [5, 5.41) is 4.15. The Bertz CT molecular complexity index is 949. The minimum Gasteiger partial charge on any atom is -0.496 e. The highest BCUT2D eigenvalue weighted by Crippen LogP contribution is 2.29. The van der Waals surface area contributed by atoms with Crippen molar-refractivity contribution in [3.8, 4) is 5.75 Å². The van der Waals surface area contributed by atoms with Crippen LogP contribution in [0.3, 0.4) is 0 Å². The smallest absolute Gasteiger partial charge is 0.317 e. The molecule has 7 heteroatoms. The number of carbonyl (C=O) groups excluding carboxylic acids is 1. The van der Waals surface area contributed by atoms with Crippen LogP contribution in [0.4, 0.5) is 4.79 Å². The standard InChI is InChI=1S/C22H26N4O2S/c1-16(21-24-18-8-4-6-10-20(18)29-21)25-11-13-26(14-12-25)22(27)23-15-17-7-3-5-9-19(17)28-2/h3-10,16H,11-15H2,1-2H3,(H,23,27)/t16-/m0/s1. The van der Waals surface area contributed by atoms with Gasteiger partial charge in [0, 0.05) is 38.3 Å². The molecular weight excluding hydrogens is 384 g/mol. The van der Waals surface area contributed by atoms with E-state index >= 15 is 0 Å². The summed E-state index contributed by atoms with van der Waals surface area (Å²) in [7, 11) is 1.65. The number of methoxy groups -OCH3 is 1. The van der Waals surface area contributed by atoms with Gasteiger partial charge in [-0.25, -0.2) is 9.78 Å². The van der Waals surface area contributed by atoms with E-state index in [1.54, 1.807) is 18.4 Å². The maximum absolute atomic E-state index is 12.6. The molecular formula is C22H26N4O2S. The lowest BCUT2D eigenvalue weighted by Crippen LogP contribution is -2.52. The number of piperazine rings is 1. The average molecular weight is 411 g/mol. The molecule has 2 amide bonds. The molecule has 2 aromatic carbocycles. The number of amides is 2. The second kappa shape index (κ2) is 8.80. The molecule has 1 aliphatic rings. The summed E-state index contributed by atoms with van der Waals surface area (Å²) in [6, 6.07) is 16.2. The van der Waals surface area contributed by atoms with Gasteiger partial charge in [0.2, 0.25) is 0 Å². The van der Waals surface area contributed by atoms with E-state index < -0.39 is 0 Å². The van der Waals surface area contributed by atoms with Gasteiger partial charge in [-0.2, -0.15) is 0 Å². The Kier molecular flexibility index (Phi) is 5.97. The zero-order valence-corrected chi connectivity index (χ0v) is 17.6. The van der Waals surface area contributed by atoms with Crippen molar-refractivity contribution in [2.24, 2.45) is 0 Å². The second-order valence-corrected chi connectivity index (χ2v) is 8.25. The van der Waals surface area contributed by atoms with Crippen molar-refractivity contribution in [1.29, 1.82) is 0 Å². The van der Waals surface area contributed by atoms with E-state index in [1.807, 2.05) is 35.2 Å². The fourth-order valence-electron chi connectivity index (χ4n) is 3.67. The predicted molar refractivity (Wildman–Crippen MR) is 116 cm³/mol. The van der Waals surface area contributed by atoms with Crippen molar-refractivity contribution in [3.63, 3.8) is 0 Å². The molecule has 4 rings (SSSR count). The molecule has 29 heavy (non-hydrogen) atoms. The number of benzene rings is 2. The van der Waals surface area contributed by atoms with Gasteiger partial charge in [0.05, 0.1) is 23.4 Å². The number of aromatic nitrogens is 1. The molecule has 1 N–H and O–H groups in total. The van der Waals surface area contributed by atoms with Crippen LogP contribution in [0.25, 0.3) is 10.2 Å². The van der Waals surface area contributed by atoms with Crippen LogP contribution >= 0.6 is 11.3 Å². The molecule has 0 aliphatic carbocycles. The van der Waals surface area contributed by atoms with Crippen molar-refractivity contribution in [1.82, 2.24) is 20.1 Å². The topological polar surface area (TPSA) is 57.7 Å². The third-order valence-electron chi connectivity index (χ3n) is 5.44. The normalized spacial score (nSPS) is 16.0. The Morgan fingerprint density at radius 1 is 1.14 bits per heavy atom. The van der Waals surface area contributed by atoms with Crippen LogP contribution in [0.1, 0.15) is 23.5 Å². The molecule has 152 valence electrons. The third kappa shape index (κ3) is 4.36. The molecule has 1 aliphatic heterocycles. The number of para-hydroxylation sites is 2. The van der Waals surface area contributed by atoms with Crippen LogP contribution < -0.4 is 10.1 Å². The van der Waals surface area contributed by atoms with Crippen LogP contribution in [-0.4, -0.2) is 54.1 Å². The molecule has 3 aromatic rings. The van der Waals surface area contributed by atoms with Gasteiger partial charge in [0.25, 0.3) is 0 Å². The van der Waals surface area contributed by atoms with Crippen molar-refractivity contribution in [2.75, 3.05) is 33.3 Å². The zero-order valence-electron chi connectivity index (χ0n) is 16.8. The molecule has 0 spiro atoms. The Balaban J connectivity index is 1.31. The first kappa shape index (κ1) is 19.7. The van der Waals surface area contributed by atoms with E-state index in [0.717, 1.165) is 34.9 Å². The molecule has 2 heterocycles. The van der Waals surface area contributed by atoms with E-state index in [2.05, 4.69) is 35.3 Å². The summed E-state index contributed by atoms with van der Waals surface area (Å²) in [4.78, 5) is 21.7. The number of carbonyl (C=O) groups is 1. The number of fused-ring (bicyclic) bond motifs is 1. The minimum atomic E-state index is -0.0248. The molecule has 1 atom stereocenters. The number of urea groups is 1. The minimum absolute atomic E-state index is 0.0248. The van der Waals surface area contributed by atoms with Crippen molar-refractivity contribution >= 4 is 27.6 Å². The summed E-state index contributed by atoms with van der Waals surface area (Å²) in [5.41, 5.74) is 2.04. The maximum atomic E-state index is 12.6. The van der Waals surface area contributed by atoms with E-state index in [-0.39, 0.29) is 12.1 Å². The van der Waals surface area contributed by atoms with Crippen LogP contribution in [0.2, 0.25) is 0 Å². The average Bonchev–Trinajstić information content (AvgIpc) is 3.21. The Morgan fingerprint density at radius 2 is 1.86 bits per heavy atom. The van der Waals surface area contributed by atoms with E-state index in [0.29, 0.717) is 19.6 Å². The predicted octanol–water partition coefficient (Wildman–Crippen LogP) is 3.89. The summed E-state index contributed by atoms with van der Waals surface area (Å²) >= 11 is 1.76. The lowest BCUT2D eigenvalue weighted by molar-refractivity contribution is 0.114. The number of nitrogens with zero attached hydrogens (tertiary/aromatic N) is 3. The van der Waals surface area contributed by atoms with Crippen LogP contribution in [0.5, 0.6) is 5.75 Å². The van der Waals surface area contributed by atoms with E-state index in [9.17, 15) is 4.79 Å². The summed E-state index contributed by atoms with van der Waals surface area (Å²) in [5.74, 6) is 0.794. The highest BCUT2D eigenvalue weighted by atomic mass is 32.1. The number of rotatable bonds is 5. The lowest BCUT2D eigenvalue weighted by atomic mass is 10.2. The van der Waals surface area contributed by atoms with Gasteiger partial charge >= 0.3 is 6.03 Å². The third-order valence-corrected chi connectivity index (χ3v) is 6.65. The van der Waals surface area contributed by atoms with Gasteiger partial charge in [-0.05, 0) is 25.1 Å². The van der Waals surface area contributed by atoms with Crippen LogP contribution in [0, 0.1) is 0 Å². The van der Waals surface area contributed by atoms with Gasteiger partial charge in [-0.15, -0.1) is 11.3 Å². The fourth-order valence-corrected chi connectivity index (χ4v) is 4.72. The lowest BCUT2D eigenvalue weighted by Gasteiger charge is -2.37. The fraction of sp³-hybridized carbons (Fsp3) is 0.364. The number of hydrogen-bond donors (Lipinski definition) is 1. The summed E-state index contributed by atoms with van der Waals surface area (Å²) in [6.07, 6.45) is 0. The SMILES string of the molecule is COc1ccccc1CNC(=O)N1CCN([C@@H](C)c2nc3ccccc3s2)CC1. The zero-order chi connectivity index (χ0) is 20.2. The molecule has 0 radical (unpaired) electrons. The monoisotopic (exact) mass is 410 g/mol. The van der Waals surface area contributed by atoms with Crippen LogP contribution in [-0.2, 0) is 6.54 Å². The molecule has 0 unspecified atom stereocenters. The molecule has 6 nitrogen and oxygen atoms in total. The van der Waals surface area contributed by atoms with Gasteiger partial charge in [-0.1, -0.05) is 30.3 Å². The highest BCUT2D eigenvalue weighted by Gasteiger charge is 2.26. The first-order valence-electron chi connectivity index (χ1n) is 9.90. The summed E-state index contributed by atoms with van der Waals surface area (Å²) < 4.78 is 6.58. The molecule has 1 saturated heterocycles. The van der Waals surface area contributed by atoms with Gasteiger partial charge in [-0.3, -0.25) is 4.90 Å². The molecule has 1 fully saturated rings. The Morgan fingerprint density at radius 3 is 2.62 bits per heavy atom. The van der Waals surface area contributed by atoms with E-state index in [1.165, 1.54) is 4.70 Å². The second-order valence-electron chi connectivity index (χ2n) is 7.19. The van der Waals surface area contributed by atoms with E-state index in [4.69, 9.17) is 9.72 Å². The molecule has 0 bridgehead atoms. The number of hydrogen-bond acceptors (Lipinski definition) is 5. The van der Waals surface area contributed by atoms with Crippen molar-refractivity contribution < 1.29 is 9.53 Å². The quantitative estimate of drug-likeness (QED) is 0.693. The Labute approximate surface area is 175 Å².